The Bertz CT molecular complexity index is 744. The predicted octanol–water partition coefficient (Wildman–Crippen LogP) is 1.39. The van der Waals surface area contributed by atoms with Gasteiger partial charge in [0.15, 0.2) is 9.84 Å². The molecule has 2 N–H and O–H groups in total. The van der Waals surface area contributed by atoms with Gasteiger partial charge in [-0.2, -0.15) is 5.10 Å². The molecule has 0 spiro atoms. The number of aromatic nitrogens is 2. The first-order valence-electron chi connectivity index (χ1n) is 5.92. The minimum Gasteiger partial charge on any atom is -0.496 e. The quantitative estimate of drug-likeness (QED) is 0.924. The monoisotopic (exact) mass is 295 g/mol. The van der Waals surface area contributed by atoms with Crippen molar-refractivity contribution in [3.05, 3.63) is 23.8 Å². The van der Waals surface area contributed by atoms with Crippen LogP contribution in [0.25, 0.3) is 11.3 Å². The smallest absolute Gasteiger partial charge is 0.176 e. The zero-order valence-electron chi connectivity index (χ0n) is 11.8. The van der Waals surface area contributed by atoms with Crippen LogP contribution < -0.4 is 10.5 Å². The SMILES string of the molecule is COc1cc(-c2cc(N)n(C)n2)c(S(C)(=O)=O)cc1C. The molecule has 0 aliphatic rings. The number of aryl methyl sites for hydroxylation is 2. The zero-order chi connectivity index (χ0) is 15.1. The Morgan fingerprint density at radius 2 is 1.95 bits per heavy atom. The molecule has 0 radical (unpaired) electrons. The molecule has 0 amide bonds. The van der Waals surface area contributed by atoms with Crippen LogP contribution in [0, 0.1) is 6.92 Å². The number of hydrogen-bond donors (Lipinski definition) is 1. The molecule has 0 saturated heterocycles. The van der Waals surface area contributed by atoms with Crippen LogP contribution in [0.15, 0.2) is 23.1 Å². The molecule has 0 bridgehead atoms. The summed E-state index contributed by atoms with van der Waals surface area (Å²) in [5.74, 6) is 1.07. The van der Waals surface area contributed by atoms with Crippen molar-refractivity contribution in [3.63, 3.8) is 0 Å². The first kappa shape index (κ1) is 14.4. The molecule has 0 aliphatic heterocycles. The van der Waals surface area contributed by atoms with Gasteiger partial charge in [-0.25, -0.2) is 8.42 Å². The van der Waals surface area contributed by atoms with Crippen molar-refractivity contribution in [1.29, 1.82) is 0 Å². The molecule has 7 heteroatoms. The average molecular weight is 295 g/mol. The van der Waals surface area contributed by atoms with Gasteiger partial charge in [0, 0.05) is 24.9 Å². The maximum atomic E-state index is 12.0. The van der Waals surface area contributed by atoms with Crippen molar-refractivity contribution in [1.82, 2.24) is 9.78 Å². The Balaban J connectivity index is 2.78. The molecule has 0 unspecified atom stereocenters. The molecule has 20 heavy (non-hydrogen) atoms. The Morgan fingerprint density at radius 3 is 2.40 bits per heavy atom. The van der Waals surface area contributed by atoms with E-state index in [1.807, 2.05) is 0 Å². The number of nitrogens with zero attached hydrogens (tertiary/aromatic N) is 2. The van der Waals surface area contributed by atoms with Gasteiger partial charge in [-0.3, -0.25) is 4.68 Å². The van der Waals surface area contributed by atoms with Crippen LogP contribution in [-0.2, 0) is 16.9 Å². The summed E-state index contributed by atoms with van der Waals surface area (Å²) in [7, 11) is -0.139. The summed E-state index contributed by atoms with van der Waals surface area (Å²) in [6.45, 7) is 1.80. The minimum absolute atomic E-state index is 0.217. The lowest BCUT2D eigenvalue weighted by Crippen LogP contribution is -2.03. The topological polar surface area (TPSA) is 87.2 Å². The predicted molar refractivity (Wildman–Crippen MR) is 77.5 cm³/mol. The minimum atomic E-state index is -3.38. The summed E-state index contributed by atoms with van der Waals surface area (Å²) in [6, 6.07) is 4.90. The van der Waals surface area contributed by atoms with Crippen molar-refractivity contribution in [3.8, 4) is 17.0 Å². The van der Waals surface area contributed by atoms with Crippen LogP contribution >= 0.6 is 0 Å². The number of nitrogen functional groups attached to an aromatic ring is 1. The van der Waals surface area contributed by atoms with Gasteiger partial charge in [0.25, 0.3) is 0 Å². The number of hydrogen-bond acceptors (Lipinski definition) is 5. The molecule has 0 saturated carbocycles. The van der Waals surface area contributed by atoms with Crippen LogP contribution in [0.2, 0.25) is 0 Å². The second-order valence-electron chi connectivity index (χ2n) is 4.67. The lowest BCUT2D eigenvalue weighted by Gasteiger charge is -2.11. The average Bonchev–Trinajstić information content (AvgIpc) is 2.68. The van der Waals surface area contributed by atoms with Crippen LogP contribution in [0.4, 0.5) is 5.82 Å². The molecule has 1 heterocycles. The number of benzene rings is 1. The van der Waals surface area contributed by atoms with E-state index in [0.717, 1.165) is 5.56 Å². The van der Waals surface area contributed by atoms with Gasteiger partial charge in [-0.1, -0.05) is 0 Å². The summed E-state index contributed by atoms with van der Waals surface area (Å²) in [5.41, 5.74) is 7.50. The molecule has 1 aromatic carbocycles. The lowest BCUT2D eigenvalue weighted by atomic mass is 10.1. The zero-order valence-corrected chi connectivity index (χ0v) is 12.7. The third-order valence-electron chi connectivity index (χ3n) is 3.09. The Morgan fingerprint density at radius 1 is 1.30 bits per heavy atom. The van der Waals surface area contributed by atoms with Crippen LogP contribution in [-0.4, -0.2) is 31.6 Å². The maximum absolute atomic E-state index is 12.0. The summed E-state index contributed by atoms with van der Waals surface area (Å²) >= 11 is 0. The van der Waals surface area contributed by atoms with Crippen molar-refractivity contribution in [2.24, 2.45) is 7.05 Å². The maximum Gasteiger partial charge on any atom is 0.176 e. The largest absolute Gasteiger partial charge is 0.496 e. The van der Waals surface area contributed by atoms with Crippen molar-refractivity contribution in [2.45, 2.75) is 11.8 Å². The third-order valence-corrected chi connectivity index (χ3v) is 4.23. The van der Waals surface area contributed by atoms with Gasteiger partial charge in [0.05, 0.1) is 17.7 Å². The molecule has 1 aromatic heterocycles. The number of nitrogens with two attached hydrogens (primary N) is 1. The fourth-order valence-electron chi connectivity index (χ4n) is 2.00. The first-order chi connectivity index (χ1) is 9.24. The number of methoxy groups -OCH3 is 1. The van der Waals surface area contributed by atoms with Gasteiger partial charge in [0.2, 0.25) is 0 Å². The highest BCUT2D eigenvalue weighted by molar-refractivity contribution is 7.90. The van der Waals surface area contributed by atoms with E-state index in [4.69, 9.17) is 10.5 Å². The van der Waals surface area contributed by atoms with Crippen LogP contribution in [0.5, 0.6) is 5.75 Å². The summed E-state index contributed by atoms with van der Waals surface area (Å²) in [5, 5.41) is 4.23. The van der Waals surface area contributed by atoms with Crippen LogP contribution in [0.1, 0.15) is 5.56 Å². The first-order valence-corrected chi connectivity index (χ1v) is 7.81. The van der Waals surface area contributed by atoms with E-state index in [-0.39, 0.29) is 4.90 Å². The molecule has 108 valence electrons. The van der Waals surface area contributed by atoms with Gasteiger partial charge < -0.3 is 10.5 Å². The summed E-state index contributed by atoms with van der Waals surface area (Å²) < 4.78 is 30.7. The molecule has 2 aromatic rings. The number of ether oxygens (including phenoxy) is 1. The molecule has 0 fully saturated rings. The Labute approximate surface area is 118 Å². The van der Waals surface area contributed by atoms with E-state index in [2.05, 4.69) is 5.10 Å². The molecular weight excluding hydrogens is 278 g/mol. The summed E-state index contributed by atoms with van der Waals surface area (Å²) in [4.78, 5) is 0.217. The fraction of sp³-hybridized carbons (Fsp3) is 0.308. The number of rotatable bonds is 3. The van der Waals surface area contributed by atoms with E-state index in [1.165, 1.54) is 10.9 Å². The molecular formula is C13H17N3O3S. The van der Waals surface area contributed by atoms with Gasteiger partial charge in [-0.05, 0) is 24.6 Å². The summed E-state index contributed by atoms with van der Waals surface area (Å²) in [6.07, 6.45) is 1.17. The van der Waals surface area contributed by atoms with E-state index in [9.17, 15) is 8.42 Å². The van der Waals surface area contributed by atoms with Crippen molar-refractivity contribution < 1.29 is 13.2 Å². The highest BCUT2D eigenvalue weighted by atomic mass is 32.2. The normalized spacial score (nSPS) is 11.6. The number of sulfone groups is 1. The standard InChI is InChI=1S/C13H17N3O3S/c1-8-5-12(20(4,17)18)9(6-11(8)19-3)10-7-13(14)16(2)15-10/h5-7H,14H2,1-4H3. The highest BCUT2D eigenvalue weighted by Gasteiger charge is 2.19. The van der Waals surface area contributed by atoms with Crippen molar-refractivity contribution >= 4 is 15.7 Å². The third kappa shape index (κ3) is 2.49. The highest BCUT2D eigenvalue weighted by Crippen LogP contribution is 2.33. The van der Waals surface area contributed by atoms with Crippen molar-refractivity contribution in [2.75, 3.05) is 19.1 Å². The molecule has 0 atom stereocenters. The van der Waals surface area contributed by atoms with E-state index in [0.29, 0.717) is 22.8 Å². The Hall–Kier alpha value is -2.02. The molecule has 6 nitrogen and oxygen atoms in total. The Kier molecular flexibility index (Phi) is 3.47. The second-order valence-corrected chi connectivity index (χ2v) is 6.65. The fourth-order valence-corrected chi connectivity index (χ4v) is 2.96. The van der Waals surface area contributed by atoms with E-state index >= 15 is 0 Å². The van der Waals surface area contributed by atoms with Crippen LogP contribution in [0.3, 0.4) is 0 Å². The van der Waals surface area contributed by atoms with E-state index < -0.39 is 9.84 Å². The van der Waals surface area contributed by atoms with Gasteiger partial charge in [-0.15, -0.1) is 0 Å². The van der Waals surface area contributed by atoms with E-state index in [1.54, 1.807) is 39.3 Å². The lowest BCUT2D eigenvalue weighted by molar-refractivity contribution is 0.411. The molecule has 0 aliphatic carbocycles. The molecule has 2 rings (SSSR count). The van der Waals surface area contributed by atoms with Gasteiger partial charge >= 0.3 is 0 Å². The van der Waals surface area contributed by atoms with Gasteiger partial charge in [0.1, 0.15) is 11.6 Å². The second kappa shape index (κ2) is 4.82. The number of anilines is 1.